The van der Waals surface area contributed by atoms with Crippen molar-refractivity contribution in [3.8, 4) is 0 Å². The highest BCUT2D eigenvalue weighted by atomic mass is 16.5. The summed E-state index contributed by atoms with van der Waals surface area (Å²) in [6, 6.07) is -1.10. The van der Waals surface area contributed by atoms with E-state index in [1.54, 1.807) is 6.92 Å². The molecule has 0 aromatic heterocycles. The zero-order valence-corrected chi connectivity index (χ0v) is 8.56. The molecule has 0 rings (SSSR count). The van der Waals surface area contributed by atoms with Crippen LogP contribution in [0.15, 0.2) is 12.7 Å². The maximum atomic E-state index is 11.0. The van der Waals surface area contributed by atoms with Crippen LogP contribution in [0.1, 0.15) is 6.92 Å². The van der Waals surface area contributed by atoms with Crippen molar-refractivity contribution in [2.45, 2.75) is 13.0 Å². The monoisotopic (exact) mass is 217 g/mol. The Hall–Kier alpha value is -1.56. The Morgan fingerprint density at radius 3 is 2.73 bits per heavy atom. The number of aliphatic carboxylic acids is 1. The predicted molar refractivity (Wildman–Crippen MR) is 52.6 cm³/mol. The van der Waals surface area contributed by atoms with Crippen molar-refractivity contribution < 1.29 is 24.2 Å². The van der Waals surface area contributed by atoms with Crippen molar-refractivity contribution >= 4 is 12.1 Å². The molecule has 0 saturated carbocycles. The van der Waals surface area contributed by atoms with Gasteiger partial charge in [0, 0.05) is 6.61 Å². The number of hydrogen-bond acceptors (Lipinski definition) is 4. The Morgan fingerprint density at radius 2 is 2.27 bits per heavy atom. The van der Waals surface area contributed by atoms with Crippen molar-refractivity contribution in [2.75, 3.05) is 19.8 Å². The van der Waals surface area contributed by atoms with Gasteiger partial charge in [-0.1, -0.05) is 12.7 Å². The first-order valence-electron chi connectivity index (χ1n) is 4.46. The Bertz CT molecular complexity index is 229. The fraction of sp³-hybridized carbons (Fsp3) is 0.556. The molecule has 0 aliphatic carbocycles. The number of carbonyl (C=O) groups is 2. The molecule has 6 nitrogen and oxygen atoms in total. The zero-order valence-electron chi connectivity index (χ0n) is 8.56. The van der Waals surface area contributed by atoms with Gasteiger partial charge in [0.05, 0.1) is 6.61 Å². The normalized spacial score (nSPS) is 11.5. The molecule has 6 heteroatoms. The number of carboxylic acids is 1. The van der Waals surface area contributed by atoms with Gasteiger partial charge in [0.1, 0.15) is 6.61 Å². The highest BCUT2D eigenvalue weighted by molar-refractivity contribution is 5.80. The molecule has 86 valence electrons. The van der Waals surface area contributed by atoms with E-state index in [9.17, 15) is 9.59 Å². The molecular weight excluding hydrogens is 202 g/mol. The lowest BCUT2D eigenvalue weighted by atomic mass is 10.3. The molecule has 0 heterocycles. The molecule has 0 aromatic rings. The topological polar surface area (TPSA) is 84.9 Å². The van der Waals surface area contributed by atoms with Crippen LogP contribution in [0, 0.1) is 0 Å². The van der Waals surface area contributed by atoms with Crippen LogP contribution in [0.2, 0.25) is 0 Å². The van der Waals surface area contributed by atoms with Gasteiger partial charge in [-0.15, -0.1) is 0 Å². The van der Waals surface area contributed by atoms with E-state index in [0.29, 0.717) is 6.61 Å². The molecule has 0 saturated heterocycles. The Kier molecular flexibility index (Phi) is 7.00. The van der Waals surface area contributed by atoms with Crippen molar-refractivity contribution in [1.29, 1.82) is 0 Å². The van der Waals surface area contributed by atoms with Crippen LogP contribution in [0.25, 0.3) is 0 Å². The van der Waals surface area contributed by atoms with E-state index in [2.05, 4.69) is 16.6 Å². The van der Waals surface area contributed by atoms with Gasteiger partial charge in [0.2, 0.25) is 0 Å². The standard InChI is InChI=1S/C9H15NO5/c1-3-5-15-9(13)10-7(8(11)12)6-14-4-2/h3,7H,1,4-6H2,2H3,(H,10,13)(H,11,12)/t7-/m0/s1. The highest BCUT2D eigenvalue weighted by Crippen LogP contribution is 1.89. The molecule has 0 aliphatic heterocycles. The van der Waals surface area contributed by atoms with Crippen LogP contribution in [0.3, 0.4) is 0 Å². The Labute approximate surface area is 87.9 Å². The number of rotatable bonds is 7. The minimum Gasteiger partial charge on any atom is -0.480 e. The second-order valence-corrected chi connectivity index (χ2v) is 2.58. The van der Waals surface area contributed by atoms with E-state index in [-0.39, 0.29) is 13.2 Å². The first-order valence-corrected chi connectivity index (χ1v) is 4.46. The number of nitrogens with one attached hydrogen (secondary N) is 1. The summed E-state index contributed by atoms with van der Waals surface area (Å²) in [6.07, 6.45) is 0.583. The maximum Gasteiger partial charge on any atom is 0.408 e. The minimum absolute atomic E-state index is 0.0345. The summed E-state index contributed by atoms with van der Waals surface area (Å²) in [6.45, 7) is 5.41. The van der Waals surface area contributed by atoms with Crippen molar-refractivity contribution in [3.63, 3.8) is 0 Å². The minimum atomic E-state index is -1.17. The van der Waals surface area contributed by atoms with Gasteiger partial charge >= 0.3 is 12.1 Å². The summed E-state index contributed by atoms with van der Waals surface area (Å²) >= 11 is 0. The van der Waals surface area contributed by atoms with Crippen molar-refractivity contribution in [3.05, 3.63) is 12.7 Å². The van der Waals surface area contributed by atoms with Gasteiger partial charge in [-0.2, -0.15) is 0 Å². The molecule has 0 bridgehead atoms. The molecule has 15 heavy (non-hydrogen) atoms. The average Bonchev–Trinajstić information content (AvgIpc) is 2.20. The van der Waals surface area contributed by atoms with Gasteiger partial charge in [-0.3, -0.25) is 0 Å². The van der Waals surface area contributed by atoms with E-state index >= 15 is 0 Å². The van der Waals surface area contributed by atoms with Crippen molar-refractivity contribution in [1.82, 2.24) is 5.32 Å². The SMILES string of the molecule is C=CCOC(=O)N[C@@H](COCC)C(=O)O. The number of amides is 1. The summed E-state index contributed by atoms with van der Waals surface area (Å²) in [4.78, 5) is 21.6. The molecular formula is C9H15NO5. The van der Waals surface area contributed by atoms with E-state index < -0.39 is 18.1 Å². The van der Waals surface area contributed by atoms with Crippen LogP contribution < -0.4 is 5.32 Å². The average molecular weight is 217 g/mol. The molecule has 1 amide bonds. The van der Waals surface area contributed by atoms with Crippen LogP contribution in [-0.2, 0) is 14.3 Å². The van der Waals surface area contributed by atoms with Gasteiger partial charge in [0.25, 0.3) is 0 Å². The third kappa shape index (κ3) is 6.50. The summed E-state index contributed by atoms with van der Waals surface area (Å²) in [5.74, 6) is -1.17. The van der Waals surface area contributed by atoms with Gasteiger partial charge < -0.3 is 19.9 Å². The fourth-order valence-corrected chi connectivity index (χ4v) is 0.729. The van der Waals surface area contributed by atoms with Crippen LogP contribution in [-0.4, -0.2) is 43.0 Å². The zero-order chi connectivity index (χ0) is 11.7. The summed E-state index contributed by atoms with van der Waals surface area (Å²) in [5, 5.41) is 10.9. The lowest BCUT2D eigenvalue weighted by molar-refractivity contribution is -0.140. The Morgan fingerprint density at radius 1 is 1.60 bits per heavy atom. The number of alkyl carbamates (subject to hydrolysis) is 1. The quantitative estimate of drug-likeness (QED) is 0.602. The predicted octanol–water partition coefficient (Wildman–Crippen LogP) is 0.388. The number of carboxylic acid groups (broad SMARTS) is 1. The van der Waals surface area contributed by atoms with Crippen LogP contribution >= 0.6 is 0 Å². The van der Waals surface area contributed by atoms with E-state index in [1.165, 1.54) is 6.08 Å². The second kappa shape index (κ2) is 7.81. The van der Waals surface area contributed by atoms with E-state index in [1.807, 2.05) is 0 Å². The maximum absolute atomic E-state index is 11.0. The summed E-state index contributed by atoms with van der Waals surface area (Å²) in [5.41, 5.74) is 0. The van der Waals surface area contributed by atoms with Gasteiger partial charge in [-0.05, 0) is 6.92 Å². The number of carbonyl (C=O) groups excluding carboxylic acids is 1. The molecule has 1 atom stereocenters. The molecule has 0 aromatic carbocycles. The Balaban J connectivity index is 3.98. The molecule has 0 radical (unpaired) electrons. The van der Waals surface area contributed by atoms with Crippen LogP contribution in [0.5, 0.6) is 0 Å². The fourth-order valence-electron chi connectivity index (χ4n) is 0.729. The lowest BCUT2D eigenvalue weighted by Crippen LogP contribution is -2.44. The van der Waals surface area contributed by atoms with Crippen LogP contribution in [0.4, 0.5) is 4.79 Å². The van der Waals surface area contributed by atoms with Gasteiger partial charge in [0.15, 0.2) is 6.04 Å². The lowest BCUT2D eigenvalue weighted by Gasteiger charge is -2.13. The molecule has 0 fully saturated rings. The highest BCUT2D eigenvalue weighted by Gasteiger charge is 2.20. The number of hydrogen-bond donors (Lipinski definition) is 2. The third-order valence-electron chi connectivity index (χ3n) is 1.41. The first-order chi connectivity index (χ1) is 7.11. The second-order valence-electron chi connectivity index (χ2n) is 2.58. The summed E-state index contributed by atoms with van der Waals surface area (Å²) in [7, 11) is 0. The molecule has 0 spiro atoms. The third-order valence-corrected chi connectivity index (χ3v) is 1.41. The largest absolute Gasteiger partial charge is 0.480 e. The number of ether oxygens (including phenoxy) is 2. The molecule has 2 N–H and O–H groups in total. The van der Waals surface area contributed by atoms with E-state index in [4.69, 9.17) is 9.84 Å². The summed E-state index contributed by atoms with van der Waals surface area (Å²) < 4.78 is 9.46. The molecule has 0 aliphatic rings. The first kappa shape index (κ1) is 13.4. The van der Waals surface area contributed by atoms with E-state index in [0.717, 1.165) is 0 Å². The molecule has 0 unspecified atom stereocenters. The van der Waals surface area contributed by atoms with Crippen molar-refractivity contribution in [2.24, 2.45) is 0 Å². The smallest absolute Gasteiger partial charge is 0.408 e. The van der Waals surface area contributed by atoms with Gasteiger partial charge in [-0.25, -0.2) is 9.59 Å².